The Morgan fingerprint density at radius 3 is 3.13 bits per heavy atom. The molecule has 4 atom stereocenters. The number of aliphatic hydroxyl groups is 1. The van der Waals surface area contributed by atoms with Crippen molar-refractivity contribution in [1.29, 1.82) is 0 Å². The zero-order valence-corrected chi connectivity index (χ0v) is 8.69. The van der Waals surface area contributed by atoms with E-state index in [1.54, 1.807) is 0 Å². The van der Waals surface area contributed by atoms with Crippen LogP contribution in [0.4, 0.5) is 0 Å². The van der Waals surface area contributed by atoms with E-state index in [9.17, 15) is 9.90 Å². The lowest BCUT2D eigenvalue weighted by Crippen LogP contribution is -2.39. The predicted molar refractivity (Wildman–Crippen MR) is 54.0 cm³/mol. The van der Waals surface area contributed by atoms with Gasteiger partial charge in [0.05, 0.1) is 18.6 Å². The molecule has 15 heavy (non-hydrogen) atoms. The molecule has 1 N–H and O–H groups in total. The summed E-state index contributed by atoms with van der Waals surface area (Å²) in [6, 6.07) is 0. The first-order chi connectivity index (χ1) is 7.27. The Balaban J connectivity index is 1.95. The Morgan fingerprint density at radius 2 is 2.27 bits per heavy atom. The number of esters is 1. The largest absolute Gasteiger partial charge is 0.465 e. The number of fused-ring (bicyclic) bond motifs is 2. The van der Waals surface area contributed by atoms with Crippen molar-refractivity contribution in [2.75, 3.05) is 6.61 Å². The molecular weight excluding hydrogens is 192 g/mol. The Kier molecular flexibility index (Phi) is 2.09. The van der Waals surface area contributed by atoms with Crippen LogP contribution in [0.15, 0.2) is 11.6 Å². The third kappa shape index (κ3) is 1.33. The molecule has 82 valence electrons. The maximum atomic E-state index is 11.5. The molecule has 3 heteroatoms. The summed E-state index contributed by atoms with van der Waals surface area (Å²) in [5.74, 6) is 0.0128. The first-order valence-corrected chi connectivity index (χ1v) is 5.82. The van der Waals surface area contributed by atoms with E-state index in [2.05, 4.69) is 6.08 Å². The maximum absolute atomic E-state index is 11.5. The molecule has 0 aromatic heterocycles. The molecule has 0 amide bonds. The fourth-order valence-corrected chi connectivity index (χ4v) is 3.25. The summed E-state index contributed by atoms with van der Waals surface area (Å²) in [6.45, 7) is 0.408. The Labute approximate surface area is 89.1 Å². The highest BCUT2D eigenvalue weighted by atomic mass is 16.5. The molecule has 2 aliphatic carbocycles. The van der Waals surface area contributed by atoms with Crippen LogP contribution >= 0.6 is 0 Å². The van der Waals surface area contributed by atoms with Gasteiger partial charge in [0.15, 0.2) is 0 Å². The molecule has 2 fully saturated rings. The second-order valence-electron chi connectivity index (χ2n) is 4.90. The monoisotopic (exact) mass is 208 g/mol. The van der Waals surface area contributed by atoms with E-state index in [0.717, 1.165) is 12.8 Å². The van der Waals surface area contributed by atoms with Gasteiger partial charge in [-0.15, -0.1) is 0 Å². The molecule has 3 rings (SSSR count). The Morgan fingerprint density at radius 1 is 1.40 bits per heavy atom. The maximum Gasteiger partial charge on any atom is 0.313 e. The van der Waals surface area contributed by atoms with E-state index >= 15 is 0 Å². The average Bonchev–Trinajstić information content (AvgIpc) is 2.62. The second kappa shape index (κ2) is 3.34. The topological polar surface area (TPSA) is 46.5 Å². The van der Waals surface area contributed by atoms with Gasteiger partial charge in [0.2, 0.25) is 0 Å². The number of hydrogen-bond donors (Lipinski definition) is 1. The van der Waals surface area contributed by atoms with Crippen molar-refractivity contribution < 1.29 is 14.6 Å². The van der Waals surface area contributed by atoms with Crippen LogP contribution in [-0.4, -0.2) is 23.8 Å². The quantitative estimate of drug-likeness (QED) is 0.481. The molecular formula is C12H16O3. The van der Waals surface area contributed by atoms with E-state index in [1.807, 2.05) is 0 Å². The van der Waals surface area contributed by atoms with Gasteiger partial charge in [-0.1, -0.05) is 18.1 Å². The Bertz CT molecular complexity index is 321. The summed E-state index contributed by atoms with van der Waals surface area (Å²) in [4.78, 5) is 11.5. The minimum atomic E-state index is -0.359. The molecule has 1 aliphatic heterocycles. The summed E-state index contributed by atoms with van der Waals surface area (Å²) in [5, 5.41) is 10.2. The van der Waals surface area contributed by atoms with Crippen LogP contribution < -0.4 is 0 Å². The van der Waals surface area contributed by atoms with Gasteiger partial charge in [-0.05, 0) is 19.3 Å². The van der Waals surface area contributed by atoms with Gasteiger partial charge in [0, 0.05) is 11.8 Å². The molecule has 1 heterocycles. The van der Waals surface area contributed by atoms with Gasteiger partial charge in [0.1, 0.15) is 0 Å². The fraction of sp³-hybridized carbons (Fsp3) is 0.750. The van der Waals surface area contributed by atoms with Crippen LogP contribution in [0.5, 0.6) is 0 Å². The zero-order valence-electron chi connectivity index (χ0n) is 8.69. The minimum absolute atomic E-state index is 0.0179. The van der Waals surface area contributed by atoms with Crippen molar-refractivity contribution in [2.45, 2.75) is 31.8 Å². The lowest BCUT2D eigenvalue weighted by Gasteiger charge is -2.37. The number of ether oxygens (including phenoxy) is 1. The first kappa shape index (κ1) is 9.40. The molecule has 3 aliphatic rings. The van der Waals surface area contributed by atoms with Crippen LogP contribution in [0.25, 0.3) is 0 Å². The van der Waals surface area contributed by atoms with E-state index in [4.69, 9.17) is 4.74 Å². The smallest absolute Gasteiger partial charge is 0.313 e. The molecule has 3 nitrogen and oxygen atoms in total. The third-order valence-corrected chi connectivity index (χ3v) is 4.10. The number of carbonyl (C=O) groups is 1. The second-order valence-corrected chi connectivity index (χ2v) is 4.90. The third-order valence-electron chi connectivity index (χ3n) is 4.10. The van der Waals surface area contributed by atoms with Crippen molar-refractivity contribution in [1.82, 2.24) is 0 Å². The molecule has 0 aromatic rings. The molecule has 0 spiro atoms. The number of aliphatic hydroxyl groups excluding tert-OH is 1. The average molecular weight is 208 g/mol. The van der Waals surface area contributed by atoms with Crippen LogP contribution in [0.1, 0.15) is 25.7 Å². The summed E-state index contributed by atoms with van der Waals surface area (Å²) in [6.07, 6.45) is 6.24. The summed E-state index contributed by atoms with van der Waals surface area (Å²) in [5.41, 5.74) is 1.30. The van der Waals surface area contributed by atoms with Crippen LogP contribution in [0.2, 0.25) is 0 Å². The molecule has 1 saturated heterocycles. The molecule has 1 saturated carbocycles. The van der Waals surface area contributed by atoms with Crippen molar-refractivity contribution >= 4 is 5.97 Å². The van der Waals surface area contributed by atoms with Gasteiger partial charge < -0.3 is 9.84 Å². The van der Waals surface area contributed by atoms with E-state index in [1.165, 1.54) is 18.4 Å². The lowest BCUT2D eigenvalue weighted by atomic mass is 9.69. The predicted octanol–water partition coefficient (Wildman–Crippen LogP) is 1.27. The van der Waals surface area contributed by atoms with Gasteiger partial charge >= 0.3 is 5.97 Å². The number of hydrogen-bond acceptors (Lipinski definition) is 3. The highest BCUT2D eigenvalue weighted by Crippen LogP contribution is 2.43. The summed E-state index contributed by atoms with van der Waals surface area (Å²) >= 11 is 0. The van der Waals surface area contributed by atoms with Crippen LogP contribution in [-0.2, 0) is 9.53 Å². The van der Waals surface area contributed by atoms with Gasteiger partial charge in [-0.3, -0.25) is 4.79 Å². The van der Waals surface area contributed by atoms with Gasteiger partial charge in [-0.25, -0.2) is 0 Å². The fourth-order valence-electron chi connectivity index (χ4n) is 3.25. The SMILES string of the molecule is O=C1OC[C@@H]2C(O)C3CCCCC3=C[C@H]12. The van der Waals surface area contributed by atoms with Crippen molar-refractivity contribution in [3.05, 3.63) is 11.6 Å². The van der Waals surface area contributed by atoms with Crippen LogP contribution in [0, 0.1) is 17.8 Å². The Hall–Kier alpha value is -0.830. The van der Waals surface area contributed by atoms with E-state index < -0.39 is 0 Å². The van der Waals surface area contributed by atoms with Crippen molar-refractivity contribution in [2.24, 2.45) is 17.8 Å². The molecule has 2 unspecified atom stereocenters. The molecule has 0 bridgehead atoms. The lowest BCUT2D eigenvalue weighted by molar-refractivity contribution is -0.140. The normalized spacial score (nSPS) is 44.1. The van der Waals surface area contributed by atoms with Gasteiger partial charge in [0.25, 0.3) is 0 Å². The van der Waals surface area contributed by atoms with E-state index in [-0.39, 0.29) is 23.9 Å². The van der Waals surface area contributed by atoms with Crippen molar-refractivity contribution in [3.63, 3.8) is 0 Å². The van der Waals surface area contributed by atoms with Gasteiger partial charge in [-0.2, -0.15) is 0 Å². The molecule has 0 aromatic carbocycles. The number of carbonyl (C=O) groups excluding carboxylic acids is 1. The van der Waals surface area contributed by atoms with Crippen molar-refractivity contribution in [3.8, 4) is 0 Å². The highest BCUT2D eigenvalue weighted by molar-refractivity contribution is 5.77. The summed E-state index contributed by atoms with van der Waals surface area (Å²) < 4.78 is 5.03. The summed E-state index contributed by atoms with van der Waals surface area (Å²) in [7, 11) is 0. The van der Waals surface area contributed by atoms with E-state index in [0.29, 0.717) is 12.5 Å². The zero-order chi connectivity index (χ0) is 10.4. The minimum Gasteiger partial charge on any atom is -0.465 e. The standard InChI is InChI=1S/C12H16O3/c13-11-8-4-2-1-3-7(8)5-9-10(11)6-15-12(9)14/h5,8-11,13H,1-4,6H2/t8?,9-,10-,11?/m0/s1. The van der Waals surface area contributed by atoms with Crippen LogP contribution in [0.3, 0.4) is 0 Å². The first-order valence-electron chi connectivity index (χ1n) is 5.82. The number of cyclic esters (lactones) is 1. The number of rotatable bonds is 0. The highest BCUT2D eigenvalue weighted by Gasteiger charge is 2.47. The molecule has 0 radical (unpaired) electrons.